The Morgan fingerprint density at radius 1 is 0.731 bits per heavy atom. The zero-order chi connectivity index (χ0) is 19.7. The van der Waals surface area contributed by atoms with Crippen molar-refractivity contribution >= 4 is 10.8 Å². The van der Waals surface area contributed by atoms with Gasteiger partial charge in [0.25, 0.3) is 0 Å². The van der Waals surface area contributed by atoms with Gasteiger partial charge in [0.05, 0.1) is 7.11 Å². The van der Waals surface area contributed by atoms with E-state index in [-0.39, 0.29) is 0 Å². The lowest BCUT2D eigenvalue weighted by Gasteiger charge is -2.15. The van der Waals surface area contributed by atoms with E-state index in [1.807, 2.05) is 27.7 Å². The summed E-state index contributed by atoms with van der Waals surface area (Å²) >= 11 is 0. The molecule has 3 aromatic rings. The van der Waals surface area contributed by atoms with Crippen molar-refractivity contribution in [2.75, 3.05) is 7.11 Å². The Morgan fingerprint density at radius 2 is 1.31 bits per heavy atom. The van der Waals surface area contributed by atoms with Crippen molar-refractivity contribution in [1.29, 1.82) is 0 Å². The van der Waals surface area contributed by atoms with Crippen LogP contribution < -0.4 is 4.74 Å². The molecule has 0 fully saturated rings. The summed E-state index contributed by atoms with van der Waals surface area (Å²) in [7, 11) is 1.75. The molecule has 0 saturated carbocycles. The zero-order valence-corrected chi connectivity index (χ0v) is 17.7. The van der Waals surface area contributed by atoms with Gasteiger partial charge in [-0.3, -0.25) is 0 Å². The van der Waals surface area contributed by atoms with Gasteiger partial charge in [-0.15, -0.1) is 0 Å². The van der Waals surface area contributed by atoms with Crippen molar-refractivity contribution in [3.63, 3.8) is 0 Å². The van der Waals surface area contributed by atoms with Crippen LogP contribution in [0.15, 0.2) is 48.5 Å². The van der Waals surface area contributed by atoms with Gasteiger partial charge in [-0.2, -0.15) is 0 Å². The van der Waals surface area contributed by atoms with Crippen LogP contribution in [-0.2, 0) is 6.42 Å². The highest BCUT2D eigenvalue weighted by molar-refractivity contribution is 5.90. The molecule has 1 heteroatoms. The summed E-state index contributed by atoms with van der Waals surface area (Å²) in [5.41, 5.74) is 6.38. The monoisotopic (exact) mass is 350 g/mol. The van der Waals surface area contributed by atoms with Gasteiger partial charge >= 0.3 is 0 Å². The fraction of sp³-hybridized carbons (Fsp3) is 0.360. The molecule has 0 spiro atoms. The third-order valence-electron chi connectivity index (χ3n) is 4.42. The van der Waals surface area contributed by atoms with E-state index in [1.54, 1.807) is 7.11 Å². The summed E-state index contributed by atoms with van der Waals surface area (Å²) in [6.07, 6.45) is 1.03. The molecule has 3 aromatic carbocycles. The highest BCUT2D eigenvalue weighted by Gasteiger charge is 2.12. The molecule has 0 atom stereocenters. The maximum absolute atomic E-state index is 5.66. The second-order valence-electron chi connectivity index (χ2n) is 5.85. The van der Waals surface area contributed by atoms with Gasteiger partial charge in [0.1, 0.15) is 5.75 Å². The first-order chi connectivity index (χ1) is 12.6. The number of aryl methyl sites for hydroxylation is 3. The van der Waals surface area contributed by atoms with Crippen molar-refractivity contribution in [2.24, 2.45) is 0 Å². The lowest BCUT2D eigenvalue weighted by molar-refractivity contribution is 0.416. The Kier molecular flexibility index (Phi) is 8.92. The third-order valence-corrected chi connectivity index (χ3v) is 4.42. The number of rotatable bonds is 3. The topological polar surface area (TPSA) is 9.23 Å². The zero-order valence-electron chi connectivity index (χ0n) is 17.7. The average molecular weight is 351 g/mol. The largest absolute Gasteiger partial charge is 0.496 e. The Balaban J connectivity index is 0.000000791. The molecule has 140 valence electrons. The van der Waals surface area contributed by atoms with E-state index in [9.17, 15) is 0 Å². The fourth-order valence-electron chi connectivity index (χ4n) is 3.13. The molecule has 0 aliphatic rings. The fourth-order valence-corrected chi connectivity index (χ4v) is 3.13. The highest BCUT2D eigenvalue weighted by Crippen LogP contribution is 2.36. The SMILES string of the molecule is CC.CC.CCc1cc(OC)c(-c2cc3ccccc3cc2C)cc1C. The van der Waals surface area contributed by atoms with Crippen LogP contribution in [0.25, 0.3) is 21.9 Å². The minimum atomic E-state index is 0.959. The summed E-state index contributed by atoms with van der Waals surface area (Å²) in [6, 6.07) is 17.5. The van der Waals surface area contributed by atoms with E-state index in [1.165, 1.54) is 38.6 Å². The number of benzene rings is 3. The first-order valence-electron chi connectivity index (χ1n) is 9.81. The molecule has 0 aliphatic heterocycles. The van der Waals surface area contributed by atoms with E-state index in [4.69, 9.17) is 4.74 Å². The molecule has 0 radical (unpaired) electrons. The predicted octanol–water partition coefficient (Wildman–Crippen LogP) is 7.75. The van der Waals surface area contributed by atoms with Crippen LogP contribution in [-0.4, -0.2) is 7.11 Å². The summed E-state index contributed by atoms with van der Waals surface area (Å²) in [6.45, 7) is 14.5. The third kappa shape index (κ3) is 4.66. The molecule has 1 nitrogen and oxygen atoms in total. The molecule has 0 bridgehead atoms. The van der Waals surface area contributed by atoms with E-state index in [2.05, 4.69) is 69.3 Å². The molecule has 0 saturated heterocycles. The minimum Gasteiger partial charge on any atom is -0.496 e. The molecular weight excluding hydrogens is 316 g/mol. The van der Waals surface area contributed by atoms with Crippen LogP contribution >= 0.6 is 0 Å². The van der Waals surface area contributed by atoms with Crippen LogP contribution in [0.2, 0.25) is 0 Å². The number of methoxy groups -OCH3 is 1. The number of hydrogen-bond donors (Lipinski definition) is 0. The minimum absolute atomic E-state index is 0.959. The second kappa shape index (κ2) is 10.7. The highest BCUT2D eigenvalue weighted by atomic mass is 16.5. The number of ether oxygens (including phenoxy) is 1. The van der Waals surface area contributed by atoms with Crippen molar-refractivity contribution < 1.29 is 4.74 Å². The van der Waals surface area contributed by atoms with Gasteiger partial charge in [-0.1, -0.05) is 65.0 Å². The molecular formula is C25H34O. The molecule has 3 rings (SSSR count). The molecule has 0 heterocycles. The van der Waals surface area contributed by atoms with Gasteiger partial charge in [0.15, 0.2) is 0 Å². The van der Waals surface area contributed by atoms with E-state index < -0.39 is 0 Å². The lowest BCUT2D eigenvalue weighted by Crippen LogP contribution is -1.95. The Hall–Kier alpha value is -2.28. The second-order valence-corrected chi connectivity index (χ2v) is 5.85. The standard InChI is InChI=1S/C21H22O.2C2H6/c1-5-16-13-21(22-4)20(11-14(16)2)19-12-18-9-7-6-8-17(18)10-15(19)3;2*1-2/h6-13H,5H2,1-4H3;2*1-2H3. The van der Waals surface area contributed by atoms with Crippen LogP contribution in [0.5, 0.6) is 5.75 Å². The smallest absolute Gasteiger partial charge is 0.126 e. The predicted molar refractivity (Wildman–Crippen MR) is 117 cm³/mol. The summed E-state index contributed by atoms with van der Waals surface area (Å²) in [4.78, 5) is 0. The van der Waals surface area contributed by atoms with E-state index in [0.717, 1.165) is 12.2 Å². The quantitative estimate of drug-likeness (QED) is 0.469. The summed E-state index contributed by atoms with van der Waals surface area (Å²) < 4.78 is 5.66. The van der Waals surface area contributed by atoms with Gasteiger partial charge in [0, 0.05) is 5.56 Å². The van der Waals surface area contributed by atoms with Crippen LogP contribution in [0.1, 0.15) is 51.3 Å². The Labute approximate surface area is 160 Å². The molecule has 0 aromatic heterocycles. The van der Waals surface area contributed by atoms with Crippen molar-refractivity contribution in [3.05, 3.63) is 65.2 Å². The first-order valence-corrected chi connectivity index (χ1v) is 9.81. The molecule has 26 heavy (non-hydrogen) atoms. The average Bonchev–Trinajstić information content (AvgIpc) is 2.70. The number of hydrogen-bond acceptors (Lipinski definition) is 1. The molecule has 0 N–H and O–H groups in total. The van der Waals surface area contributed by atoms with Crippen LogP contribution in [0.3, 0.4) is 0 Å². The van der Waals surface area contributed by atoms with Crippen LogP contribution in [0.4, 0.5) is 0 Å². The van der Waals surface area contributed by atoms with Crippen molar-refractivity contribution in [3.8, 4) is 16.9 Å². The maximum atomic E-state index is 5.66. The Morgan fingerprint density at radius 3 is 1.85 bits per heavy atom. The van der Waals surface area contributed by atoms with Gasteiger partial charge in [-0.05, 0) is 71.5 Å². The number of fused-ring (bicyclic) bond motifs is 1. The van der Waals surface area contributed by atoms with Gasteiger partial charge < -0.3 is 4.74 Å². The molecule has 0 aliphatic carbocycles. The first kappa shape index (κ1) is 21.8. The van der Waals surface area contributed by atoms with Gasteiger partial charge in [0.2, 0.25) is 0 Å². The van der Waals surface area contributed by atoms with Gasteiger partial charge in [-0.25, -0.2) is 0 Å². The van der Waals surface area contributed by atoms with Crippen LogP contribution in [0, 0.1) is 13.8 Å². The summed E-state index contributed by atoms with van der Waals surface area (Å²) in [5.74, 6) is 0.959. The normalized spacial score (nSPS) is 9.69. The Bertz CT molecular complexity index is 831. The lowest BCUT2D eigenvalue weighted by atomic mass is 9.93. The molecule has 0 unspecified atom stereocenters. The maximum Gasteiger partial charge on any atom is 0.126 e. The van der Waals surface area contributed by atoms with Crippen molar-refractivity contribution in [2.45, 2.75) is 54.9 Å². The molecule has 0 amide bonds. The van der Waals surface area contributed by atoms with Crippen molar-refractivity contribution in [1.82, 2.24) is 0 Å². The summed E-state index contributed by atoms with van der Waals surface area (Å²) in [5, 5.41) is 2.55. The van der Waals surface area contributed by atoms with E-state index in [0.29, 0.717) is 0 Å². The van der Waals surface area contributed by atoms with E-state index >= 15 is 0 Å².